The van der Waals surface area contributed by atoms with Crippen LogP contribution in [-0.4, -0.2) is 10.1 Å². The Morgan fingerprint density at radius 3 is 2.53 bits per heavy atom. The number of aromatic nitrogens is 1. The minimum absolute atomic E-state index is 0.289. The van der Waals surface area contributed by atoms with E-state index in [1.165, 1.54) is 11.3 Å². The van der Waals surface area contributed by atoms with E-state index in [1.807, 2.05) is 0 Å². The summed E-state index contributed by atoms with van der Waals surface area (Å²) in [6.07, 6.45) is 4.60. The number of hydrogen-bond acceptors (Lipinski definition) is 4. The van der Waals surface area contributed by atoms with E-state index in [9.17, 15) is 10.4 Å². The topological polar surface area (TPSA) is 56.9 Å². The molecule has 104 valence electrons. The Bertz CT molecular complexity index is 447. The Balaban J connectivity index is 2.13. The molecule has 0 aromatic carbocycles. The van der Waals surface area contributed by atoms with Crippen LogP contribution in [0.15, 0.2) is 11.7 Å². The molecular weight excluding hydrogens is 256 g/mol. The van der Waals surface area contributed by atoms with Crippen molar-refractivity contribution < 1.29 is 5.11 Å². The zero-order valence-electron chi connectivity index (χ0n) is 11.9. The van der Waals surface area contributed by atoms with Crippen molar-refractivity contribution in [3.05, 3.63) is 16.6 Å². The average Bonchev–Trinajstić information content (AvgIpc) is 2.90. The molecule has 3 nitrogen and oxygen atoms in total. The van der Waals surface area contributed by atoms with Crippen molar-refractivity contribution in [3.8, 4) is 6.07 Å². The summed E-state index contributed by atoms with van der Waals surface area (Å²) in [5.41, 5.74) is 1.38. The molecule has 1 fully saturated rings. The first kappa shape index (κ1) is 14.5. The zero-order valence-corrected chi connectivity index (χ0v) is 12.7. The first-order chi connectivity index (χ1) is 8.89. The monoisotopic (exact) mass is 278 g/mol. The number of aliphatic hydroxyl groups is 1. The number of thiazole rings is 1. The maximum Gasteiger partial charge on any atom is 0.108 e. The van der Waals surface area contributed by atoms with Gasteiger partial charge >= 0.3 is 0 Å². The number of rotatable bonds is 2. The Morgan fingerprint density at radius 1 is 1.47 bits per heavy atom. The molecule has 19 heavy (non-hydrogen) atoms. The van der Waals surface area contributed by atoms with Crippen molar-refractivity contribution in [1.29, 1.82) is 5.26 Å². The highest BCUT2D eigenvalue weighted by molar-refractivity contribution is 7.09. The number of nitrogens with zero attached hydrogens (tertiary/aromatic N) is 2. The van der Waals surface area contributed by atoms with Crippen molar-refractivity contribution in [1.82, 2.24) is 4.98 Å². The molecule has 1 aliphatic rings. The molecule has 4 heteroatoms. The lowest BCUT2D eigenvalue weighted by atomic mass is 9.62. The Hall–Kier alpha value is -0.920. The first-order valence-corrected chi connectivity index (χ1v) is 7.75. The third-order valence-electron chi connectivity index (χ3n) is 4.57. The van der Waals surface area contributed by atoms with Crippen LogP contribution < -0.4 is 0 Å². The van der Waals surface area contributed by atoms with Gasteiger partial charge in [-0.3, -0.25) is 4.98 Å². The van der Waals surface area contributed by atoms with Gasteiger partial charge in [-0.05, 0) is 37.0 Å². The van der Waals surface area contributed by atoms with Crippen LogP contribution >= 0.6 is 11.3 Å². The van der Waals surface area contributed by atoms with Gasteiger partial charge in [0.1, 0.15) is 6.10 Å². The largest absolute Gasteiger partial charge is 0.386 e. The smallest absolute Gasteiger partial charge is 0.108 e. The van der Waals surface area contributed by atoms with E-state index >= 15 is 0 Å². The highest BCUT2D eigenvalue weighted by Gasteiger charge is 2.44. The molecular formula is C15H22N2OS. The third kappa shape index (κ3) is 2.82. The van der Waals surface area contributed by atoms with Crippen LogP contribution in [0.3, 0.4) is 0 Å². The van der Waals surface area contributed by atoms with Gasteiger partial charge in [0.15, 0.2) is 0 Å². The van der Waals surface area contributed by atoms with Crippen LogP contribution in [0.2, 0.25) is 0 Å². The maximum atomic E-state index is 10.5. The highest BCUT2D eigenvalue weighted by atomic mass is 32.1. The van der Waals surface area contributed by atoms with Gasteiger partial charge in [0.2, 0.25) is 0 Å². The van der Waals surface area contributed by atoms with E-state index in [4.69, 9.17) is 0 Å². The van der Waals surface area contributed by atoms with Gasteiger partial charge in [-0.15, -0.1) is 11.3 Å². The van der Waals surface area contributed by atoms with Crippen LogP contribution in [0.1, 0.15) is 57.4 Å². The molecule has 1 saturated carbocycles. The molecule has 1 unspecified atom stereocenters. The van der Waals surface area contributed by atoms with Crippen LogP contribution in [0.25, 0.3) is 0 Å². The second kappa shape index (κ2) is 5.22. The van der Waals surface area contributed by atoms with Gasteiger partial charge in [-0.1, -0.05) is 20.8 Å². The van der Waals surface area contributed by atoms with Crippen LogP contribution in [0, 0.1) is 28.1 Å². The molecule has 0 amide bonds. The summed E-state index contributed by atoms with van der Waals surface area (Å²) in [5, 5.41) is 20.1. The van der Waals surface area contributed by atoms with Gasteiger partial charge in [0.25, 0.3) is 0 Å². The Labute approximate surface area is 119 Å². The predicted molar refractivity (Wildman–Crippen MR) is 76.5 cm³/mol. The molecule has 2 rings (SSSR count). The molecule has 1 atom stereocenters. The molecule has 1 aromatic rings. The normalized spacial score (nSPS) is 29.7. The van der Waals surface area contributed by atoms with Crippen molar-refractivity contribution in [2.24, 2.45) is 16.7 Å². The van der Waals surface area contributed by atoms with E-state index in [2.05, 4.69) is 31.8 Å². The Kier molecular flexibility index (Phi) is 3.98. The minimum atomic E-state index is -0.689. The summed E-state index contributed by atoms with van der Waals surface area (Å²) in [6, 6.07) is 2.41. The van der Waals surface area contributed by atoms with Gasteiger partial charge in [-0.25, -0.2) is 0 Å². The predicted octanol–water partition coefficient (Wildman–Crippen LogP) is 3.92. The van der Waals surface area contributed by atoms with Crippen molar-refractivity contribution in [3.63, 3.8) is 0 Å². The molecule has 0 spiro atoms. The molecule has 1 N–H and O–H groups in total. The fourth-order valence-corrected chi connectivity index (χ4v) is 3.80. The molecule has 1 aliphatic carbocycles. The molecule has 1 aromatic heterocycles. The SMILES string of the molecule is CC(C)(C)C1CCC(C#N)(C(O)c2cncs2)CC1. The molecule has 0 radical (unpaired) electrons. The van der Waals surface area contributed by atoms with E-state index in [-0.39, 0.29) is 5.41 Å². The summed E-state index contributed by atoms with van der Waals surface area (Å²) >= 11 is 1.43. The lowest BCUT2D eigenvalue weighted by Crippen LogP contribution is -2.35. The summed E-state index contributed by atoms with van der Waals surface area (Å²) in [4.78, 5) is 4.82. The van der Waals surface area contributed by atoms with Gasteiger partial charge < -0.3 is 5.11 Å². The lowest BCUT2D eigenvalue weighted by Gasteiger charge is -2.42. The fourth-order valence-electron chi connectivity index (χ4n) is 3.08. The van der Waals surface area contributed by atoms with Gasteiger partial charge in [0, 0.05) is 6.20 Å². The molecule has 0 aliphatic heterocycles. The summed E-state index contributed by atoms with van der Waals surface area (Å²) in [7, 11) is 0. The fraction of sp³-hybridized carbons (Fsp3) is 0.733. The second-order valence-corrected chi connectivity index (χ2v) is 7.63. The lowest BCUT2D eigenvalue weighted by molar-refractivity contribution is 0.0104. The van der Waals surface area contributed by atoms with E-state index in [0.717, 1.165) is 30.6 Å². The van der Waals surface area contributed by atoms with E-state index in [1.54, 1.807) is 11.7 Å². The summed E-state index contributed by atoms with van der Waals surface area (Å²) in [6.45, 7) is 6.78. The van der Waals surface area contributed by atoms with Crippen molar-refractivity contribution in [2.45, 2.75) is 52.6 Å². The van der Waals surface area contributed by atoms with Gasteiger partial charge in [-0.2, -0.15) is 5.26 Å². The standard InChI is InChI=1S/C15H22N2OS/c1-14(2,3)11-4-6-15(9-16,7-5-11)13(18)12-8-17-10-19-12/h8,10-11,13,18H,4-7H2,1-3H3. The Morgan fingerprint density at radius 2 is 2.11 bits per heavy atom. The van der Waals surface area contributed by atoms with Crippen molar-refractivity contribution in [2.75, 3.05) is 0 Å². The van der Waals surface area contributed by atoms with Crippen molar-refractivity contribution >= 4 is 11.3 Å². The van der Waals surface area contributed by atoms with Gasteiger partial charge in [0.05, 0.1) is 21.9 Å². The number of hydrogen-bond donors (Lipinski definition) is 1. The van der Waals surface area contributed by atoms with E-state index in [0.29, 0.717) is 5.92 Å². The summed E-state index contributed by atoms with van der Waals surface area (Å²) < 4.78 is 0. The molecule has 0 saturated heterocycles. The quantitative estimate of drug-likeness (QED) is 0.892. The third-order valence-corrected chi connectivity index (χ3v) is 5.40. The average molecular weight is 278 g/mol. The van der Waals surface area contributed by atoms with Crippen LogP contribution in [0.4, 0.5) is 0 Å². The van der Waals surface area contributed by atoms with Crippen LogP contribution in [-0.2, 0) is 0 Å². The minimum Gasteiger partial charge on any atom is -0.386 e. The van der Waals surface area contributed by atoms with E-state index < -0.39 is 11.5 Å². The first-order valence-electron chi connectivity index (χ1n) is 6.87. The van der Waals surface area contributed by atoms with Crippen LogP contribution in [0.5, 0.6) is 0 Å². The number of nitriles is 1. The second-order valence-electron chi connectivity index (χ2n) is 6.71. The maximum absolute atomic E-state index is 10.5. The zero-order chi connectivity index (χ0) is 14.1. The molecule has 1 heterocycles. The highest BCUT2D eigenvalue weighted by Crippen LogP contribution is 2.51. The molecule has 0 bridgehead atoms. The summed E-state index contributed by atoms with van der Waals surface area (Å²) in [5.74, 6) is 0.641. The number of aliphatic hydroxyl groups excluding tert-OH is 1.